The zero-order valence-electron chi connectivity index (χ0n) is 17.3. The number of nitrogens with one attached hydrogen (secondary N) is 2. The molecule has 3 unspecified atom stereocenters. The van der Waals surface area contributed by atoms with Crippen molar-refractivity contribution in [2.24, 2.45) is 17.8 Å². The van der Waals surface area contributed by atoms with E-state index >= 15 is 0 Å². The van der Waals surface area contributed by atoms with Crippen molar-refractivity contribution >= 4 is 11.8 Å². The van der Waals surface area contributed by atoms with Crippen LogP contribution in [0.5, 0.6) is 0 Å². The van der Waals surface area contributed by atoms with E-state index in [1.807, 2.05) is 4.90 Å². The Kier molecular flexibility index (Phi) is 7.49. The SMILES string of the molecule is CCC(C)C(NC(=O)C1CCNC1)C(=O)N1CCC(Cc2ccccc2)CC1. The summed E-state index contributed by atoms with van der Waals surface area (Å²) < 4.78 is 0. The summed E-state index contributed by atoms with van der Waals surface area (Å²) in [6.07, 6.45) is 4.90. The summed E-state index contributed by atoms with van der Waals surface area (Å²) in [6, 6.07) is 10.2. The number of hydrogen-bond donors (Lipinski definition) is 2. The molecule has 28 heavy (non-hydrogen) atoms. The Morgan fingerprint density at radius 2 is 1.89 bits per heavy atom. The number of amides is 2. The van der Waals surface area contributed by atoms with Crippen molar-refractivity contribution in [3.8, 4) is 0 Å². The third-order valence-electron chi connectivity index (χ3n) is 6.50. The Bertz CT molecular complexity index is 635. The molecule has 2 N–H and O–H groups in total. The van der Waals surface area contributed by atoms with Crippen LogP contribution in [0.25, 0.3) is 0 Å². The van der Waals surface area contributed by atoms with Crippen LogP contribution in [0, 0.1) is 17.8 Å². The molecule has 0 saturated carbocycles. The van der Waals surface area contributed by atoms with E-state index in [0.29, 0.717) is 5.92 Å². The van der Waals surface area contributed by atoms with Gasteiger partial charge in [0.1, 0.15) is 6.04 Å². The van der Waals surface area contributed by atoms with Crippen LogP contribution in [0.15, 0.2) is 30.3 Å². The maximum Gasteiger partial charge on any atom is 0.245 e. The van der Waals surface area contributed by atoms with Gasteiger partial charge in [-0.3, -0.25) is 9.59 Å². The first-order valence-electron chi connectivity index (χ1n) is 10.9. The predicted molar refractivity (Wildman–Crippen MR) is 112 cm³/mol. The molecule has 1 aromatic carbocycles. The van der Waals surface area contributed by atoms with Gasteiger partial charge in [0.15, 0.2) is 0 Å². The predicted octanol–water partition coefficient (Wildman–Crippen LogP) is 2.61. The highest BCUT2D eigenvalue weighted by Gasteiger charge is 2.34. The fraction of sp³-hybridized carbons (Fsp3) is 0.652. The maximum atomic E-state index is 13.2. The van der Waals surface area contributed by atoms with Gasteiger partial charge in [0.05, 0.1) is 5.92 Å². The number of benzene rings is 1. The van der Waals surface area contributed by atoms with Crippen molar-refractivity contribution in [2.45, 2.75) is 52.0 Å². The van der Waals surface area contributed by atoms with E-state index in [0.717, 1.165) is 58.3 Å². The first-order chi connectivity index (χ1) is 13.6. The first kappa shape index (κ1) is 20.8. The van der Waals surface area contributed by atoms with Crippen molar-refractivity contribution in [1.29, 1.82) is 0 Å². The molecule has 0 radical (unpaired) electrons. The number of hydrogen-bond acceptors (Lipinski definition) is 3. The molecule has 1 aromatic rings. The van der Waals surface area contributed by atoms with Crippen LogP contribution >= 0.6 is 0 Å². The number of likely N-dealkylation sites (tertiary alicyclic amines) is 1. The van der Waals surface area contributed by atoms with Crippen molar-refractivity contribution in [1.82, 2.24) is 15.5 Å². The summed E-state index contributed by atoms with van der Waals surface area (Å²) >= 11 is 0. The van der Waals surface area contributed by atoms with E-state index in [2.05, 4.69) is 54.8 Å². The number of nitrogens with zero attached hydrogens (tertiary/aromatic N) is 1. The standard InChI is InChI=1S/C23H35N3O2/c1-3-17(2)21(25-22(27)20-9-12-24-16-20)23(28)26-13-10-19(11-14-26)15-18-7-5-4-6-8-18/h4-8,17,19-21,24H,3,9-16H2,1-2H3,(H,25,27). The molecular weight excluding hydrogens is 350 g/mol. The second kappa shape index (κ2) is 10.1. The Hall–Kier alpha value is -1.88. The molecule has 2 heterocycles. The fourth-order valence-electron chi connectivity index (χ4n) is 4.33. The third kappa shape index (κ3) is 5.34. The van der Waals surface area contributed by atoms with Gasteiger partial charge in [-0.2, -0.15) is 0 Å². The van der Waals surface area contributed by atoms with E-state index < -0.39 is 6.04 Å². The van der Waals surface area contributed by atoms with E-state index in [4.69, 9.17) is 0 Å². The van der Waals surface area contributed by atoms with Crippen LogP contribution < -0.4 is 10.6 Å². The molecule has 2 aliphatic rings. The summed E-state index contributed by atoms with van der Waals surface area (Å²) in [5.41, 5.74) is 1.38. The Labute approximate surface area is 169 Å². The lowest BCUT2D eigenvalue weighted by molar-refractivity contribution is -0.139. The summed E-state index contributed by atoms with van der Waals surface area (Å²) in [5.74, 6) is 0.908. The highest BCUT2D eigenvalue weighted by Crippen LogP contribution is 2.23. The Morgan fingerprint density at radius 1 is 1.18 bits per heavy atom. The maximum absolute atomic E-state index is 13.2. The lowest BCUT2D eigenvalue weighted by atomic mass is 9.89. The van der Waals surface area contributed by atoms with E-state index in [1.54, 1.807) is 0 Å². The highest BCUT2D eigenvalue weighted by molar-refractivity contribution is 5.89. The van der Waals surface area contributed by atoms with Crippen molar-refractivity contribution < 1.29 is 9.59 Å². The third-order valence-corrected chi connectivity index (χ3v) is 6.50. The molecule has 0 spiro atoms. The smallest absolute Gasteiger partial charge is 0.245 e. The minimum atomic E-state index is -0.399. The number of rotatable bonds is 7. The lowest BCUT2D eigenvalue weighted by Crippen LogP contribution is -2.54. The van der Waals surface area contributed by atoms with Gasteiger partial charge < -0.3 is 15.5 Å². The van der Waals surface area contributed by atoms with Gasteiger partial charge in [-0.1, -0.05) is 50.6 Å². The van der Waals surface area contributed by atoms with Crippen LogP contribution in [0.4, 0.5) is 0 Å². The van der Waals surface area contributed by atoms with Crippen molar-refractivity contribution in [3.63, 3.8) is 0 Å². The second-order valence-electron chi connectivity index (χ2n) is 8.52. The normalized spacial score (nSPS) is 22.6. The molecule has 5 heteroatoms. The highest BCUT2D eigenvalue weighted by atomic mass is 16.2. The van der Waals surface area contributed by atoms with Gasteiger partial charge in [-0.05, 0) is 49.6 Å². The Balaban J connectivity index is 1.54. The Morgan fingerprint density at radius 3 is 2.50 bits per heavy atom. The summed E-state index contributed by atoms with van der Waals surface area (Å²) in [4.78, 5) is 27.8. The molecule has 3 rings (SSSR count). The van der Waals surface area contributed by atoms with Crippen LogP contribution in [-0.4, -0.2) is 48.9 Å². The van der Waals surface area contributed by atoms with E-state index in [9.17, 15) is 9.59 Å². The van der Waals surface area contributed by atoms with Crippen molar-refractivity contribution in [3.05, 3.63) is 35.9 Å². The number of carbonyl (C=O) groups is 2. The quantitative estimate of drug-likeness (QED) is 0.758. The van der Waals surface area contributed by atoms with Gasteiger partial charge in [0, 0.05) is 19.6 Å². The second-order valence-corrected chi connectivity index (χ2v) is 8.52. The zero-order valence-corrected chi connectivity index (χ0v) is 17.3. The number of carbonyl (C=O) groups excluding carboxylic acids is 2. The molecule has 2 amide bonds. The molecule has 0 bridgehead atoms. The minimum absolute atomic E-state index is 0.00374. The average Bonchev–Trinajstić information content (AvgIpc) is 3.27. The van der Waals surface area contributed by atoms with E-state index in [1.165, 1.54) is 5.56 Å². The summed E-state index contributed by atoms with van der Waals surface area (Å²) in [7, 11) is 0. The van der Waals surface area contributed by atoms with Gasteiger partial charge in [-0.15, -0.1) is 0 Å². The van der Waals surface area contributed by atoms with Gasteiger partial charge in [0.25, 0.3) is 0 Å². The van der Waals surface area contributed by atoms with Crippen LogP contribution in [-0.2, 0) is 16.0 Å². The summed E-state index contributed by atoms with van der Waals surface area (Å²) in [6.45, 7) is 7.35. The molecule has 2 saturated heterocycles. The topological polar surface area (TPSA) is 61.4 Å². The zero-order chi connectivity index (χ0) is 19.9. The molecule has 5 nitrogen and oxygen atoms in total. The van der Waals surface area contributed by atoms with Crippen LogP contribution in [0.3, 0.4) is 0 Å². The van der Waals surface area contributed by atoms with E-state index in [-0.39, 0.29) is 23.7 Å². The molecular formula is C23H35N3O2. The molecule has 0 aromatic heterocycles. The van der Waals surface area contributed by atoms with Gasteiger partial charge in [0.2, 0.25) is 11.8 Å². The molecule has 154 valence electrons. The summed E-state index contributed by atoms with van der Waals surface area (Å²) in [5, 5.41) is 6.32. The monoisotopic (exact) mass is 385 g/mol. The number of piperidine rings is 1. The lowest BCUT2D eigenvalue weighted by Gasteiger charge is -2.36. The van der Waals surface area contributed by atoms with Crippen molar-refractivity contribution in [2.75, 3.05) is 26.2 Å². The first-order valence-corrected chi connectivity index (χ1v) is 10.9. The van der Waals surface area contributed by atoms with Crippen LogP contribution in [0.1, 0.15) is 45.1 Å². The molecule has 2 fully saturated rings. The minimum Gasteiger partial charge on any atom is -0.344 e. The molecule has 2 aliphatic heterocycles. The van der Waals surface area contributed by atoms with Gasteiger partial charge >= 0.3 is 0 Å². The van der Waals surface area contributed by atoms with Gasteiger partial charge in [-0.25, -0.2) is 0 Å². The largest absolute Gasteiger partial charge is 0.344 e. The fourth-order valence-corrected chi connectivity index (χ4v) is 4.33. The van der Waals surface area contributed by atoms with Crippen LogP contribution in [0.2, 0.25) is 0 Å². The molecule has 3 atom stereocenters. The average molecular weight is 386 g/mol. The molecule has 0 aliphatic carbocycles.